The lowest BCUT2D eigenvalue weighted by Crippen LogP contribution is -2.36. The number of amides is 1. The average molecular weight is 551 g/mol. The summed E-state index contributed by atoms with van der Waals surface area (Å²) < 4.78 is 19.3. The maximum absolute atomic E-state index is 13.7. The molecule has 0 radical (unpaired) electrons. The van der Waals surface area contributed by atoms with E-state index < -0.39 is 0 Å². The molecule has 208 valence electrons. The molecular formula is C31H30N6O4. The lowest BCUT2D eigenvalue weighted by molar-refractivity contribution is 0.0341. The molecule has 6 rings (SSSR count). The SMILES string of the molecule is COc1ccc2cc1OCCN(C(=O)c1ccc(C#N)nc1)Cc1cc(CN3CCOCC3)cc(c1)-n1ccnc1-2. The Hall–Kier alpha value is -4.72. The van der Waals surface area contributed by atoms with E-state index in [-0.39, 0.29) is 18.2 Å². The predicted octanol–water partition coefficient (Wildman–Crippen LogP) is 3.68. The van der Waals surface area contributed by atoms with Crippen LogP contribution in [0.15, 0.2) is 67.1 Å². The predicted molar refractivity (Wildman–Crippen MR) is 151 cm³/mol. The van der Waals surface area contributed by atoms with Gasteiger partial charge in [-0.05, 0) is 53.6 Å². The van der Waals surface area contributed by atoms with Gasteiger partial charge in [0.15, 0.2) is 11.5 Å². The maximum atomic E-state index is 13.7. The molecule has 2 aromatic heterocycles. The van der Waals surface area contributed by atoms with Gasteiger partial charge in [0, 0.05) is 56.0 Å². The van der Waals surface area contributed by atoms with Gasteiger partial charge < -0.3 is 19.1 Å². The molecule has 10 nitrogen and oxygen atoms in total. The van der Waals surface area contributed by atoms with Crippen molar-refractivity contribution >= 4 is 5.91 Å². The summed E-state index contributed by atoms with van der Waals surface area (Å²) in [6, 6.07) is 17.4. The number of nitrogens with zero attached hydrogens (tertiary/aromatic N) is 6. The van der Waals surface area contributed by atoms with Crippen LogP contribution >= 0.6 is 0 Å². The summed E-state index contributed by atoms with van der Waals surface area (Å²) >= 11 is 0. The van der Waals surface area contributed by atoms with Gasteiger partial charge in [-0.3, -0.25) is 14.3 Å². The van der Waals surface area contributed by atoms with Crippen LogP contribution in [0.25, 0.3) is 17.1 Å². The molecular weight excluding hydrogens is 520 g/mol. The van der Waals surface area contributed by atoms with Gasteiger partial charge in [0.25, 0.3) is 5.91 Å². The van der Waals surface area contributed by atoms with E-state index in [9.17, 15) is 4.79 Å². The summed E-state index contributed by atoms with van der Waals surface area (Å²) in [7, 11) is 1.60. The molecule has 2 aliphatic rings. The van der Waals surface area contributed by atoms with Gasteiger partial charge in [0.1, 0.15) is 24.2 Å². The third-order valence-corrected chi connectivity index (χ3v) is 7.29. The Kier molecular flexibility index (Phi) is 7.63. The number of carbonyl (C=O) groups is 1. The third kappa shape index (κ3) is 5.77. The molecule has 1 fully saturated rings. The van der Waals surface area contributed by atoms with Crippen molar-refractivity contribution in [1.29, 1.82) is 5.26 Å². The second kappa shape index (κ2) is 11.8. The fraction of sp³-hybridized carbons (Fsp3) is 0.290. The molecule has 41 heavy (non-hydrogen) atoms. The highest BCUT2D eigenvalue weighted by Gasteiger charge is 2.21. The number of rotatable bonds is 4. The molecule has 2 aliphatic heterocycles. The quantitative estimate of drug-likeness (QED) is 0.379. The number of nitriles is 1. The van der Waals surface area contributed by atoms with E-state index >= 15 is 0 Å². The van der Waals surface area contributed by atoms with Gasteiger partial charge in [0.05, 0.1) is 32.4 Å². The largest absolute Gasteiger partial charge is 0.493 e. The fourth-order valence-corrected chi connectivity index (χ4v) is 5.24. The zero-order valence-corrected chi connectivity index (χ0v) is 22.8. The molecule has 4 heterocycles. The van der Waals surface area contributed by atoms with Crippen LogP contribution in [-0.4, -0.2) is 76.8 Å². The van der Waals surface area contributed by atoms with Gasteiger partial charge in [-0.2, -0.15) is 5.26 Å². The van der Waals surface area contributed by atoms with Crippen LogP contribution in [0.3, 0.4) is 0 Å². The highest BCUT2D eigenvalue weighted by Crippen LogP contribution is 2.33. The van der Waals surface area contributed by atoms with Crippen LogP contribution in [0.4, 0.5) is 0 Å². The Morgan fingerprint density at radius 1 is 1.05 bits per heavy atom. The molecule has 0 spiro atoms. The van der Waals surface area contributed by atoms with Crippen LogP contribution in [0, 0.1) is 11.3 Å². The van der Waals surface area contributed by atoms with E-state index in [0.29, 0.717) is 30.2 Å². The fourth-order valence-electron chi connectivity index (χ4n) is 5.24. The summed E-state index contributed by atoms with van der Waals surface area (Å²) in [5, 5.41) is 9.14. The van der Waals surface area contributed by atoms with E-state index in [0.717, 1.165) is 61.1 Å². The second-order valence-electron chi connectivity index (χ2n) is 10.0. The summed E-state index contributed by atoms with van der Waals surface area (Å²) in [6.07, 6.45) is 5.18. The van der Waals surface area contributed by atoms with Crippen molar-refractivity contribution in [2.45, 2.75) is 13.1 Å². The summed E-state index contributed by atoms with van der Waals surface area (Å²) in [4.78, 5) is 26.6. The zero-order chi connectivity index (χ0) is 28.2. The highest BCUT2D eigenvalue weighted by molar-refractivity contribution is 5.94. The molecule has 4 bridgehead atoms. The molecule has 10 heteroatoms. The number of carbonyl (C=O) groups excluding carboxylic acids is 1. The van der Waals surface area contributed by atoms with Crippen LogP contribution in [0.2, 0.25) is 0 Å². The van der Waals surface area contributed by atoms with E-state index in [1.54, 1.807) is 30.3 Å². The first-order valence-electron chi connectivity index (χ1n) is 13.5. The number of methoxy groups -OCH3 is 1. The number of benzene rings is 2. The van der Waals surface area contributed by atoms with Crippen LogP contribution in [0.5, 0.6) is 11.5 Å². The Morgan fingerprint density at radius 2 is 1.93 bits per heavy atom. The number of hydrogen-bond acceptors (Lipinski definition) is 8. The zero-order valence-electron chi connectivity index (χ0n) is 22.8. The Morgan fingerprint density at radius 3 is 2.71 bits per heavy atom. The van der Waals surface area contributed by atoms with E-state index in [1.165, 1.54) is 6.20 Å². The van der Waals surface area contributed by atoms with Gasteiger partial charge in [0.2, 0.25) is 0 Å². The summed E-state index contributed by atoms with van der Waals surface area (Å²) in [5.74, 6) is 1.77. The minimum atomic E-state index is -0.190. The molecule has 0 unspecified atom stereocenters. The number of aromatic nitrogens is 3. The number of morpholine rings is 1. The molecule has 0 N–H and O–H groups in total. The minimum Gasteiger partial charge on any atom is -0.493 e. The number of pyridine rings is 1. The van der Waals surface area contributed by atoms with Crippen molar-refractivity contribution in [3.8, 4) is 34.6 Å². The minimum absolute atomic E-state index is 0.190. The van der Waals surface area contributed by atoms with Crippen molar-refractivity contribution in [2.24, 2.45) is 0 Å². The van der Waals surface area contributed by atoms with Crippen LogP contribution < -0.4 is 9.47 Å². The summed E-state index contributed by atoms with van der Waals surface area (Å²) in [6.45, 7) is 4.92. The van der Waals surface area contributed by atoms with E-state index in [4.69, 9.17) is 19.5 Å². The lowest BCUT2D eigenvalue weighted by atomic mass is 10.1. The number of ether oxygens (including phenoxy) is 3. The third-order valence-electron chi connectivity index (χ3n) is 7.29. The molecule has 0 atom stereocenters. The van der Waals surface area contributed by atoms with Crippen LogP contribution in [-0.2, 0) is 17.8 Å². The number of hydrogen-bond donors (Lipinski definition) is 0. The topological polar surface area (TPSA) is 106 Å². The van der Waals surface area contributed by atoms with Crippen molar-refractivity contribution in [1.82, 2.24) is 24.3 Å². The van der Waals surface area contributed by atoms with E-state index in [1.807, 2.05) is 30.5 Å². The monoisotopic (exact) mass is 550 g/mol. The maximum Gasteiger partial charge on any atom is 0.255 e. The number of fused-ring (bicyclic) bond motifs is 7. The second-order valence-corrected chi connectivity index (χ2v) is 10.0. The van der Waals surface area contributed by atoms with Crippen molar-refractivity contribution in [2.75, 3.05) is 46.6 Å². The van der Waals surface area contributed by atoms with Crippen molar-refractivity contribution < 1.29 is 19.0 Å². The first-order chi connectivity index (χ1) is 20.1. The van der Waals surface area contributed by atoms with Gasteiger partial charge >= 0.3 is 0 Å². The average Bonchev–Trinajstić information content (AvgIpc) is 3.51. The van der Waals surface area contributed by atoms with Gasteiger partial charge in [-0.1, -0.05) is 6.07 Å². The van der Waals surface area contributed by atoms with Crippen LogP contribution in [0.1, 0.15) is 27.2 Å². The number of imidazole rings is 1. The molecule has 0 aliphatic carbocycles. The summed E-state index contributed by atoms with van der Waals surface area (Å²) in [5.41, 5.74) is 4.66. The lowest BCUT2D eigenvalue weighted by Gasteiger charge is -2.27. The van der Waals surface area contributed by atoms with Crippen molar-refractivity contribution in [3.63, 3.8) is 0 Å². The van der Waals surface area contributed by atoms with E-state index in [2.05, 4.69) is 37.6 Å². The molecule has 1 amide bonds. The normalized spacial score (nSPS) is 15.4. The molecule has 4 aromatic rings. The standard InChI is InChI=1S/C31H30N6O4/c1-39-28-5-3-24-17-29(28)41-13-10-36(31(38)25-2-4-26(18-32)34-19-25)21-23-14-22(20-35-8-11-40-12-9-35)15-27(16-23)37-7-6-33-30(24)37/h2-7,14-17,19H,8-13,20-21H2,1H3. The first kappa shape index (κ1) is 26.5. The van der Waals surface area contributed by atoms with Crippen molar-refractivity contribution in [3.05, 3.63) is 89.5 Å². The van der Waals surface area contributed by atoms with Gasteiger partial charge in [-0.25, -0.2) is 9.97 Å². The first-order valence-corrected chi connectivity index (χ1v) is 13.5. The Bertz CT molecular complexity index is 1590. The Labute approximate surface area is 238 Å². The Balaban J connectivity index is 1.43. The highest BCUT2D eigenvalue weighted by atomic mass is 16.5. The molecule has 2 aromatic carbocycles. The molecule has 0 saturated carbocycles. The van der Waals surface area contributed by atoms with Gasteiger partial charge in [-0.15, -0.1) is 0 Å². The molecule has 1 saturated heterocycles. The smallest absolute Gasteiger partial charge is 0.255 e.